The molecule has 1 amide bonds. The number of halogens is 2. The smallest absolute Gasteiger partial charge is 0.355 e. The minimum absolute atomic E-state index is 0.177. The zero-order chi connectivity index (χ0) is 21.1. The minimum Gasteiger partial charge on any atom is -0.497 e. The average molecular weight is 437 g/mol. The Hall–Kier alpha value is -2.90. The number of fused-ring (bicyclic) bond motifs is 1. The normalized spacial score (nSPS) is 11.8. The second-order valence-corrected chi connectivity index (χ2v) is 6.98. The molecule has 2 N–H and O–H groups in total. The predicted octanol–water partition coefficient (Wildman–Crippen LogP) is 4.68. The van der Waals surface area contributed by atoms with Crippen LogP contribution in [0.5, 0.6) is 11.5 Å². The Morgan fingerprint density at radius 2 is 1.83 bits per heavy atom. The lowest BCUT2D eigenvalue weighted by Crippen LogP contribution is -2.30. The van der Waals surface area contributed by atoms with Gasteiger partial charge in [0.2, 0.25) is 0 Å². The zero-order valence-corrected chi connectivity index (χ0v) is 17.4. The first kappa shape index (κ1) is 20.8. The Balaban J connectivity index is 1.74. The van der Waals surface area contributed by atoms with Crippen LogP contribution in [0.1, 0.15) is 17.4 Å². The maximum absolute atomic E-state index is 12.5. The quantitative estimate of drug-likeness (QED) is 0.547. The van der Waals surface area contributed by atoms with Gasteiger partial charge in [0.15, 0.2) is 6.10 Å². The van der Waals surface area contributed by atoms with Crippen molar-refractivity contribution in [2.75, 3.05) is 19.5 Å². The van der Waals surface area contributed by atoms with Gasteiger partial charge in [0.25, 0.3) is 5.91 Å². The summed E-state index contributed by atoms with van der Waals surface area (Å²) in [5.41, 5.74) is 1.16. The molecule has 3 rings (SSSR count). The molecule has 1 aromatic heterocycles. The zero-order valence-electron chi connectivity index (χ0n) is 15.8. The van der Waals surface area contributed by atoms with Gasteiger partial charge in [-0.2, -0.15) is 0 Å². The van der Waals surface area contributed by atoms with Crippen molar-refractivity contribution < 1.29 is 23.8 Å². The van der Waals surface area contributed by atoms with Crippen molar-refractivity contribution in [2.24, 2.45) is 0 Å². The third-order valence-electron chi connectivity index (χ3n) is 4.18. The molecular weight excluding hydrogens is 419 g/mol. The number of aromatic amines is 1. The van der Waals surface area contributed by atoms with E-state index in [9.17, 15) is 9.59 Å². The van der Waals surface area contributed by atoms with Crippen LogP contribution in [-0.4, -0.2) is 37.2 Å². The van der Waals surface area contributed by atoms with Crippen LogP contribution >= 0.6 is 23.2 Å². The Kier molecular flexibility index (Phi) is 6.20. The standard InChI is InChI=1S/C20H18Cl2N2O5/c1-10(19(25)24-15-5-4-12(21)8-14(15)22)29-20(26)16-7-11-6-13(27-2)9-17(28-3)18(11)23-16/h4-10,23H,1-3H3,(H,24,25). The molecule has 152 valence electrons. The number of nitrogens with one attached hydrogen (secondary N) is 2. The van der Waals surface area contributed by atoms with Gasteiger partial charge in [-0.05, 0) is 37.3 Å². The molecule has 0 saturated carbocycles. The van der Waals surface area contributed by atoms with Gasteiger partial charge in [0, 0.05) is 16.5 Å². The molecule has 0 spiro atoms. The molecule has 0 aliphatic rings. The minimum atomic E-state index is -1.06. The molecule has 29 heavy (non-hydrogen) atoms. The first-order chi connectivity index (χ1) is 13.8. The first-order valence-electron chi connectivity index (χ1n) is 8.54. The summed E-state index contributed by atoms with van der Waals surface area (Å²) in [6.45, 7) is 1.46. The van der Waals surface area contributed by atoms with Crippen LogP contribution in [0.4, 0.5) is 5.69 Å². The molecule has 7 nitrogen and oxygen atoms in total. The van der Waals surface area contributed by atoms with Crippen molar-refractivity contribution in [1.82, 2.24) is 4.98 Å². The van der Waals surface area contributed by atoms with E-state index in [1.165, 1.54) is 27.2 Å². The highest BCUT2D eigenvalue weighted by Crippen LogP contribution is 2.31. The number of hydrogen-bond acceptors (Lipinski definition) is 5. The van der Waals surface area contributed by atoms with E-state index in [4.69, 9.17) is 37.4 Å². The number of aromatic nitrogens is 1. The van der Waals surface area contributed by atoms with Crippen LogP contribution in [0.3, 0.4) is 0 Å². The van der Waals surface area contributed by atoms with E-state index in [0.29, 0.717) is 33.1 Å². The topological polar surface area (TPSA) is 89.7 Å². The fourth-order valence-electron chi connectivity index (χ4n) is 2.68. The van der Waals surface area contributed by atoms with E-state index < -0.39 is 18.0 Å². The Labute approximate surface area is 176 Å². The molecular formula is C20H18Cl2N2O5. The van der Waals surface area contributed by atoms with Gasteiger partial charge in [-0.3, -0.25) is 4.79 Å². The van der Waals surface area contributed by atoms with E-state index in [-0.39, 0.29) is 10.7 Å². The molecule has 0 fully saturated rings. The highest BCUT2D eigenvalue weighted by atomic mass is 35.5. The molecule has 1 unspecified atom stereocenters. The molecule has 0 aliphatic heterocycles. The number of hydrogen-bond donors (Lipinski definition) is 2. The monoisotopic (exact) mass is 436 g/mol. The second kappa shape index (κ2) is 8.63. The van der Waals surface area contributed by atoms with Crippen LogP contribution in [0.25, 0.3) is 10.9 Å². The third kappa shape index (κ3) is 4.58. The van der Waals surface area contributed by atoms with Crippen molar-refractivity contribution in [3.05, 3.63) is 52.1 Å². The number of anilines is 1. The van der Waals surface area contributed by atoms with Crippen LogP contribution in [-0.2, 0) is 9.53 Å². The highest BCUT2D eigenvalue weighted by Gasteiger charge is 2.22. The Bertz CT molecular complexity index is 1080. The van der Waals surface area contributed by atoms with Crippen molar-refractivity contribution in [2.45, 2.75) is 13.0 Å². The van der Waals surface area contributed by atoms with E-state index in [1.54, 1.807) is 30.3 Å². The summed E-state index contributed by atoms with van der Waals surface area (Å²) < 4.78 is 15.8. The fraction of sp³-hybridized carbons (Fsp3) is 0.200. The number of benzene rings is 2. The first-order valence-corrected chi connectivity index (χ1v) is 9.29. The summed E-state index contributed by atoms with van der Waals surface area (Å²) in [5, 5.41) is 4.03. The second-order valence-electron chi connectivity index (χ2n) is 6.14. The lowest BCUT2D eigenvalue weighted by Gasteiger charge is -2.14. The third-order valence-corrected chi connectivity index (χ3v) is 4.73. The van der Waals surface area contributed by atoms with Crippen LogP contribution < -0.4 is 14.8 Å². The molecule has 0 saturated heterocycles. The van der Waals surface area contributed by atoms with Gasteiger partial charge in [0.1, 0.15) is 17.2 Å². The van der Waals surface area contributed by atoms with E-state index in [0.717, 1.165) is 0 Å². The molecule has 1 atom stereocenters. The van der Waals surface area contributed by atoms with Gasteiger partial charge in [-0.25, -0.2) is 4.79 Å². The number of H-pyrrole nitrogens is 1. The summed E-state index contributed by atoms with van der Waals surface area (Å²) in [6, 6.07) is 9.70. The number of ether oxygens (including phenoxy) is 3. The lowest BCUT2D eigenvalue weighted by atomic mass is 10.2. The molecule has 0 radical (unpaired) electrons. The van der Waals surface area contributed by atoms with Crippen molar-refractivity contribution in [1.29, 1.82) is 0 Å². The molecule has 1 heterocycles. The van der Waals surface area contributed by atoms with E-state index in [2.05, 4.69) is 10.3 Å². The van der Waals surface area contributed by atoms with E-state index >= 15 is 0 Å². The number of rotatable bonds is 6. The number of carbonyl (C=O) groups excluding carboxylic acids is 2. The summed E-state index contributed by atoms with van der Waals surface area (Å²) >= 11 is 11.9. The predicted molar refractivity (Wildman–Crippen MR) is 111 cm³/mol. The van der Waals surface area contributed by atoms with Gasteiger partial charge in [-0.1, -0.05) is 23.2 Å². The maximum atomic E-state index is 12.5. The van der Waals surface area contributed by atoms with Crippen LogP contribution in [0.15, 0.2) is 36.4 Å². The van der Waals surface area contributed by atoms with Gasteiger partial charge < -0.3 is 24.5 Å². The highest BCUT2D eigenvalue weighted by molar-refractivity contribution is 6.36. The molecule has 2 aromatic carbocycles. The van der Waals surface area contributed by atoms with Crippen LogP contribution in [0, 0.1) is 0 Å². The number of carbonyl (C=O) groups is 2. The molecule has 0 bridgehead atoms. The molecule has 0 aliphatic carbocycles. The Morgan fingerprint density at radius 3 is 2.48 bits per heavy atom. The van der Waals surface area contributed by atoms with Crippen molar-refractivity contribution >= 4 is 51.7 Å². The SMILES string of the molecule is COc1cc(OC)c2[nH]c(C(=O)OC(C)C(=O)Nc3ccc(Cl)cc3Cl)cc2c1. The van der Waals surface area contributed by atoms with Gasteiger partial charge >= 0.3 is 5.97 Å². The Morgan fingerprint density at radius 1 is 1.07 bits per heavy atom. The lowest BCUT2D eigenvalue weighted by molar-refractivity contribution is -0.123. The van der Waals surface area contributed by atoms with Crippen molar-refractivity contribution in [3.8, 4) is 11.5 Å². The van der Waals surface area contributed by atoms with Crippen LogP contribution in [0.2, 0.25) is 10.0 Å². The molecule has 3 aromatic rings. The summed E-state index contributed by atoms with van der Waals surface area (Å²) in [5.74, 6) is -0.118. The largest absolute Gasteiger partial charge is 0.497 e. The summed E-state index contributed by atoms with van der Waals surface area (Å²) in [4.78, 5) is 27.8. The van der Waals surface area contributed by atoms with Crippen molar-refractivity contribution in [3.63, 3.8) is 0 Å². The maximum Gasteiger partial charge on any atom is 0.355 e. The number of amides is 1. The van der Waals surface area contributed by atoms with Gasteiger partial charge in [0.05, 0.1) is 30.4 Å². The average Bonchev–Trinajstić information content (AvgIpc) is 3.13. The summed E-state index contributed by atoms with van der Waals surface area (Å²) in [7, 11) is 3.05. The fourth-order valence-corrected chi connectivity index (χ4v) is 3.13. The summed E-state index contributed by atoms with van der Waals surface area (Å²) in [6.07, 6.45) is -1.06. The van der Waals surface area contributed by atoms with E-state index in [1.807, 2.05) is 0 Å². The number of methoxy groups -OCH3 is 2. The molecule has 9 heteroatoms. The van der Waals surface area contributed by atoms with Gasteiger partial charge in [-0.15, -0.1) is 0 Å². The number of esters is 1.